The van der Waals surface area contributed by atoms with Crippen LogP contribution in [0.3, 0.4) is 0 Å². The predicted molar refractivity (Wildman–Crippen MR) is 33.7 cm³/mol. The second-order valence-corrected chi connectivity index (χ2v) is 2.41. The average molecular weight is 166 g/mol. The average Bonchev–Trinajstić information content (AvgIpc) is 2.30. The summed E-state index contributed by atoms with van der Waals surface area (Å²) in [6.45, 7) is -0.821. The van der Waals surface area contributed by atoms with E-state index in [0.29, 0.717) is 0 Å². The van der Waals surface area contributed by atoms with Gasteiger partial charge in [0.15, 0.2) is 6.29 Å². The summed E-state index contributed by atoms with van der Waals surface area (Å²) >= 11 is 0. The number of methoxy groups -OCH3 is 1. The molecule has 4 nitrogen and oxygen atoms in total. The van der Waals surface area contributed by atoms with Crippen LogP contribution in [-0.4, -0.2) is 48.6 Å². The molecule has 1 saturated heterocycles. The molecule has 4 atom stereocenters. The minimum Gasteiger partial charge on any atom is -0.387 e. The Balaban J connectivity index is 2.53. The first-order valence-corrected chi connectivity index (χ1v) is 3.31. The predicted octanol–water partition coefficient (Wildman–Crippen LogP) is -0.951. The fourth-order valence-electron chi connectivity index (χ4n) is 1.04. The van der Waals surface area contributed by atoms with Crippen molar-refractivity contribution in [3.8, 4) is 0 Å². The van der Waals surface area contributed by atoms with E-state index < -0.39 is 31.3 Å². The van der Waals surface area contributed by atoms with E-state index in [1.54, 1.807) is 0 Å². The lowest BCUT2D eigenvalue weighted by atomic mass is 10.1. The summed E-state index contributed by atoms with van der Waals surface area (Å²) in [6, 6.07) is 0. The van der Waals surface area contributed by atoms with Gasteiger partial charge in [0.05, 0.1) is 0 Å². The highest BCUT2D eigenvalue weighted by molar-refractivity contribution is 4.85. The fraction of sp³-hybridized carbons (Fsp3) is 1.00. The summed E-state index contributed by atoms with van der Waals surface area (Å²) in [5.41, 5.74) is 0. The Hall–Kier alpha value is -0.230. The molecule has 0 aromatic rings. The Bertz CT molecular complexity index is 114. The quantitative estimate of drug-likeness (QED) is 0.555. The minimum atomic E-state index is -1.19. The van der Waals surface area contributed by atoms with Gasteiger partial charge in [-0.2, -0.15) is 0 Å². The number of ether oxygens (including phenoxy) is 2. The third-order valence-corrected chi connectivity index (χ3v) is 1.70. The highest BCUT2D eigenvalue weighted by atomic mass is 19.1. The van der Waals surface area contributed by atoms with Crippen molar-refractivity contribution in [2.24, 2.45) is 0 Å². The van der Waals surface area contributed by atoms with Gasteiger partial charge in [0.25, 0.3) is 0 Å². The first-order valence-electron chi connectivity index (χ1n) is 3.31. The van der Waals surface area contributed by atoms with Gasteiger partial charge in [-0.15, -0.1) is 0 Å². The zero-order chi connectivity index (χ0) is 8.43. The molecule has 1 rings (SSSR count). The van der Waals surface area contributed by atoms with E-state index in [1.165, 1.54) is 7.11 Å². The van der Waals surface area contributed by atoms with Crippen LogP contribution in [0.15, 0.2) is 0 Å². The first-order chi connectivity index (χ1) is 5.20. The lowest BCUT2D eigenvalue weighted by Gasteiger charge is -2.11. The summed E-state index contributed by atoms with van der Waals surface area (Å²) in [5, 5.41) is 18.2. The molecule has 0 aliphatic carbocycles. The number of hydrogen-bond donors (Lipinski definition) is 2. The maximum atomic E-state index is 12.0. The van der Waals surface area contributed by atoms with Crippen molar-refractivity contribution < 1.29 is 24.1 Å². The molecule has 2 N–H and O–H groups in total. The fourth-order valence-corrected chi connectivity index (χ4v) is 1.04. The maximum Gasteiger partial charge on any atom is 0.186 e. The first kappa shape index (κ1) is 8.86. The number of hydrogen-bond acceptors (Lipinski definition) is 4. The molecule has 0 saturated carbocycles. The Kier molecular flexibility index (Phi) is 2.78. The van der Waals surface area contributed by atoms with Gasteiger partial charge in [-0.05, 0) is 0 Å². The van der Waals surface area contributed by atoms with Crippen molar-refractivity contribution in [1.29, 1.82) is 0 Å². The lowest BCUT2D eigenvalue weighted by molar-refractivity contribution is -0.150. The molecule has 0 aromatic heterocycles. The maximum absolute atomic E-state index is 12.0. The minimum absolute atomic E-state index is 0.821. The molecule has 11 heavy (non-hydrogen) atoms. The summed E-state index contributed by atoms with van der Waals surface area (Å²) in [5.74, 6) is 0. The van der Waals surface area contributed by atoms with E-state index in [9.17, 15) is 4.39 Å². The normalized spacial score (nSPS) is 44.7. The van der Waals surface area contributed by atoms with E-state index >= 15 is 0 Å². The Morgan fingerprint density at radius 2 is 2.09 bits per heavy atom. The van der Waals surface area contributed by atoms with Crippen LogP contribution in [0, 0.1) is 0 Å². The molecule has 0 spiro atoms. The van der Waals surface area contributed by atoms with Gasteiger partial charge < -0.3 is 19.7 Å². The summed E-state index contributed by atoms with van der Waals surface area (Å²) < 4.78 is 21.4. The Morgan fingerprint density at radius 3 is 2.36 bits per heavy atom. The molecule has 0 radical (unpaired) electrons. The standard InChI is InChI=1S/C6H11FO4/c1-10-6-5(9)4(8)3(2-7)11-6/h3-6,8-9H,2H2,1H3/t3-,4-,5-,6-/m1/s1. The van der Waals surface area contributed by atoms with Crippen LogP contribution < -0.4 is 0 Å². The molecule has 0 bridgehead atoms. The number of alkyl halides is 1. The number of aliphatic hydroxyl groups excluding tert-OH is 2. The Morgan fingerprint density at radius 1 is 1.45 bits per heavy atom. The third-order valence-electron chi connectivity index (χ3n) is 1.70. The summed E-state index contributed by atoms with van der Waals surface area (Å²) in [4.78, 5) is 0. The lowest BCUT2D eigenvalue weighted by Crippen LogP contribution is -2.33. The molecular weight excluding hydrogens is 155 g/mol. The summed E-state index contributed by atoms with van der Waals surface area (Å²) in [7, 11) is 1.32. The van der Waals surface area contributed by atoms with Gasteiger partial charge in [-0.3, -0.25) is 0 Å². The highest BCUT2D eigenvalue weighted by Gasteiger charge is 2.42. The van der Waals surface area contributed by atoms with Crippen LogP contribution in [-0.2, 0) is 9.47 Å². The zero-order valence-corrected chi connectivity index (χ0v) is 6.11. The monoisotopic (exact) mass is 166 g/mol. The molecular formula is C6H11FO4. The molecule has 1 heterocycles. The van der Waals surface area contributed by atoms with Gasteiger partial charge in [-0.25, -0.2) is 4.39 Å². The molecule has 1 aliphatic heterocycles. The molecule has 1 aliphatic rings. The molecule has 66 valence electrons. The van der Waals surface area contributed by atoms with Gasteiger partial charge in [0.1, 0.15) is 25.0 Å². The van der Waals surface area contributed by atoms with E-state index in [2.05, 4.69) is 4.74 Å². The van der Waals surface area contributed by atoms with Crippen molar-refractivity contribution in [3.05, 3.63) is 0 Å². The number of halogens is 1. The number of rotatable bonds is 2. The van der Waals surface area contributed by atoms with Crippen LogP contribution in [0.25, 0.3) is 0 Å². The largest absolute Gasteiger partial charge is 0.387 e. The number of aliphatic hydroxyl groups is 2. The Labute approximate surface area is 63.5 Å². The SMILES string of the molecule is CO[C@@H]1O[C@H](CF)[C@@H](O)[C@H]1O. The van der Waals surface area contributed by atoms with Crippen LogP contribution in [0.2, 0.25) is 0 Å². The molecule has 0 aromatic carbocycles. The second kappa shape index (κ2) is 3.44. The topological polar surface area (TPSA) is 58.9 Å². The summed E-state index contributed by atoms with van der Waals surface area (Å²) in [6.07, 6.45) is -4.22. The smallest absolute Gasteiger partial charge is 0.186 e. The van der Waals surface area contributed by atoms with E-state index in [4.69, 9.17) is 14.9 Å². The van der Waals surface area contributed by atoms with E-state index in [0.717, 1.165) is 0 Å². The van der Waals surface area contributed by atoms with Crippen LogP contribution in [0.5, 0.6) is 0 Å². The molecule has 0 unspecified atom stereocenters. The van der Waals surface area contributed by atoms with E-state index in [1.807, 2.05) is 0 Å². The van der Waals surface area contributed by atoms with Crippen LogP contribution in [0.1, 0.15) is 0 Å². The molecule has 0 amide bonds. The highest BCUT2D eigenvalue weighted by Crippen LogP contribution is 2.21. The van der Waals surface area contributed by atoms with Gasteiger partial charge in [0, 0.05) is 7.11 Å². The van der Waals surface area contributed by atoms with Crippen molar-refractivity contribution in [1.82, 2.24) is 0 Å². The second-order valence-electron chi connectivity index (χ2n) is 2.41. The van der Waals surface area contributed by atoms with Gasteiger partial charge >= 0.3 is 0 Å². The van der Waals surface area contributed by atoms with Crippen LogP contribution in [0.4, 0.5) is 4.39 Å². The van der Waals surface area contributed by atoms with Gasteiger partial charge in [-0.1, -0.05) is 0 Å². The van der Waals surface area contributed by atoms with Crippen molar-refractivity contribution >= 4 is 0 Å². The van der Waals surface area contributed by atoms with Crippen molar-refractivity contribution in [3.63, 3.8) is 0 Å². The molecule has 5 heteroatoms. The van der Waals surface area contributed by atoms with Gasteiger partial charge in [0.2, 0.25) is 0 Å². The van der Waals surface area contributed by atoms with Crippen molar-refractivity contribution in [2.75, 3.05) is 13.8 Å². The third kappa shape index (κ3) is 1.51. The zero-order valence-electron chi connectivity index (χ0n) is 6.11. The molecule has 1 fully saturated rings. The van der Waals surface area contributed by atoms with Crippen LogP contribution >= 0.6 is 0 Å². The van der Waals surface area contributed by atoms with Crippen molar-refractivity contribution in [2.45, 2.75) is 24.6 Å². The van der Waals surface area contributed by atoms with E-state index in [-0.39, 0.29) is 0 Å².